The topological polar surface area (TPSA) is 20.2 Å². The summed E-state index contributed by atoms with van der Waals surface area (Å²) in [7, 11) is 0. The van der Waals surface area contributed by atoms with E-state index in [2.05, 4.69) is 6.92 Å². The number of hydrogen-bond acceptors (Lipinski definition) is 1. The smallest absolute Gasteiger partial charge is 0.0431 e. The third-order valence-electron chi connectivity index (χ3n) is 1.51. The second kappa shape index (κ2) is 11.3. The Bertz CT molecular complexity index is 85.0. The van der Waals surface area contributed by atoms with Gasteiger partial charge in [-0.3, -0.25) is 0 Å². The first kappa shape index (κ1) is 16.7. The molecule has 14 heavy (non-hydrogen) atoms. The van der Waals surface area contributed by atoms with E-state index < -0.39 is 0 Å². The van der Waals surface area contributed by atoms with Gasteiger partial charge in [0.1, 0.15) is 0 Å². The molecule has 0 aromatic rings. The van der Waals surface area contributed by atoms with Crippen molar-refractivity contribution >= 4 is 11.6 Å². The van der Waals surface area contributed by atoms with Gasteiger partial charge in [-0.25, -0.2) is 0 Å². The molecule has 0 atom stereocenters. The van der Waals surface area contributed by atoms with Crippen LogP contribution in [0, 0.1) is 0 Å². The second-order valence-electron chi connectivity index (χ2n) is 4.56. The van der Waals surface area contributed by atoms with Crippen molar-refractivity contribution in [3.8, 4) is 0 Å². The van der Waals surface area contributed by atoms with E-state index in [4.69, 9.17) is 16.7 Å². The van der Waals surface area contributed by atoms with Crippen LogP contribution in [0.5, 0.6) is 0 Å². The summed E-state index contributed by atoms with van der Waals surface area (Å²) in [5.41, 5.74) is 0. The highest BCUT2D eigenvalue weighted by atomic mass is 35.5. The van der Waals surface area contributed by atoms with Crippen molar-refractivity contribution in [3.63, 3.8) is 0 Å². The number of hydrogen-bond donors (Lipinski definition) is 1. The molecule has 1 N–H and O–H groups in total. The molecule has 0 rings (SSSR count). The van der Waals surface area contributed by atoms with Crippen LogP contribution < -0.4 is 0 Å². The summed E-state index contributed by atoms with van der Waals surface area (Å²) >= 11 is 5.53. The molecule has 0 heterocycles. The number of rotatable bonds is 6. The first-order valence-corrected chi connectivity index (χ1v) is 6.09. The maximum absolute atomic E-state index is 8.42. The van der Waals surface area contributed by atoms with E-state index in [-0.39, 0.29) is 4.87 Å². The molecule has 1 nitrogen and oxygen atoms in total. The number of aliphatic hydroxyl groups excluding tert-OH is 1. The summed E-state index contributed by atoms with van der Waals surface area (Å²) in [6.07, 6.45) is 7.50. The molecule has 0 radical (unpaired) electrons. The van der Waals surface area contributed by atoms with E-state index in [9.17, 15) is 0 Å². The predicted octanol–water partition coefficient (Wildman–Crippen LogP) is 4.36. The van der Waals surface area contributed by atoms with Crippen molar-refractivity contribution in [2.45, 2.75) is 71.1 Å². The zero-order chi connectivity index (χ0) is 11.4. The number of alkyl halides is 1. The van der Waals surface area contributed by atoms with Gasteiger partial charge in [0.05, 0.1) is 0 Å². The fourth-order valence-corrected chi connectivity index (χ4v) is 0.892. The second-order valence-corrected chi connectivity index (χ2v) is 5.69. The van der Waals surface area contributed by atoms with Crippen LogP contribution >= 0.6 is 11.6 Å². The van der Waals surface area contributed by atoms with Gasteiger partial charge in [-0.2, -0.15) is 0 Å². The van der Waals surface area contributed by atoms with Crippen LogP contribution in [-0.2, 0) is 0 Å². The molecule has 0 unspecified atom stereocenters. The van der Waals surface area contributed by atoms with E-state index in [0.717, 1.165) is 6.42 Å². The molecule has 0 aliphatic carbocycles. The minimum Gasteiger partial charge on any atom is -0.396 e. The largest absolute Gasteiger partial charge is 0.396 e. The van der Waals surface area contributed by atoms with Crippen molar-refractivity contribution in [1.82, 2.24) is 0 Å². The molecule has 0 saturated carbocycles. The Labute approximate surface area is 94.9 Å². The van der Waals surface area contributed by atoms with E-state index in [1.165, 1.54) is 32.1 Å². The van der Waals surface area contributed by atoms with E-state index in [1.54, 1.807) is 0 Å². The van der Waals surface area contributed by atoms with Crippen molar-refractivity contribution in [2.75, 3.05) is 6.61 Å². The molecule has 0 aromatic heterocycles. The molecule has 0 aliphatic heterocycles. The first-order chi connectivity index (χ1) is 6.41. The third-order valence-corrected chi connectivity index (χ3v) is 1.51. The van der Waals surface area contributed by atoms with Crippen molar-refractivity contribution in [2.24, 2.45) is 0 Å². The fraction of sp³-hybridized carbons (Fsp3) is 1.00. The molecule has 2 heteroatoms. The molecule has 0 saturated heterocycles. The van der Waals surface area contributed by atoms with Gasteiger partial charge in [-0.1, -0.05) is 39.0 Å². The predicted molar refractivity (Wildman–Crippen MR) is 66.1 cm³/mol. The van der Waals surface area contributed by atoms with Gasteiger partial charge in [0.25, 0.3) is 0 Å². The summed E-state index contributed by atoms with van der Waals surface area (Å²) < 4.78 is 0. The van der Waals surface area contributed by atoms with Crippen LogP contribution in [0.3, 0.4) is 0 Å². The highest BCUT2D eigenvalue weighted by Gasteiger charge is 1.99. The van der Waals surface area contributed by atoms with Gasteiger partial charge in [-0.15, -0.1) is 11.6 Å². The lowest BCUT2D eigenvalue weighted by Gasteiger charge is -2.01. The summed E-state index contributed by atoms with van der Waals surface area (Å²) in [6, 6.07) is 0. The number of unbranched alkanes of at least 4 members (excludes halogenated alkanes) is 5. The summed E-state index contributed by atoms with van der Waals surface area (Å²) in [5, 5.41) is 8.42. The van der Waals surface area contributed by atoms with Gasteiger partial charge in [0.15, 0.2) is 0 Å². The van der Waals surface area contributed by atoms with Crippen LogP contribution in [0.2, 0.25) is 0 Å². The lowest BCUT2D eigenvalue weighted by molar-refractivity contribution is 0.282. The standard InChI is InChI=1S/C8H18O.C4H9Cl/c1-2-3-4-5-6-7-8-9;1-4(2,3)5/h9H,2-8H2,1H3;1-3H3. The highest BCUT2D eigenvalue weighted by Crippen LogP contribution is 2.08. The molecule has 0 aliphatic rings. The normalized spacial score (nSPS) is 10.7. The van der Waals surface area contributed by atoms with Crippen molar-refractivity contribution < 1.29 is 5.11 Å². The molecule has 0 bridgehead atoms. The Balaban J connectivity index is 0. The van der Waals surface area contributed by atoms with Crippen LogP contribution in [0.25, 0.3) is 0 Å². The van der Waals surface area contributed by atoms with Crippen molar-refractivity contribution in [1.29, 1.82) is 0 Å². The zero-order valence-corrected chi connectivity index (χ0v) is 11.0. The lowest BCUT2D eigenvalue weighted by atomic mass is 10.1. The van der Waals surface area contributed by atoms with Crippen LogP contribution in [-0.4, -0.2) is 16.6 Å². The number of aliphatic hydroxyl groups is 1. The first-order valence-electron chi connectivity index (χ1n) is 5.71. The summed E-state index contributed by atoms with van der Waals surface area (Å²) in [6.45, 7) is 8.44. The maximum Gasteiger partial charge on any atom is 0.0431 e. The lowest BCUT2D eigenvalue weighted by Crippen LogP contribution is -1.99. The molecule has 0 amide bonds. The molecular formula is C12H27ClO. The van der Waals surface area contributed by atoms with Gasteiger partial charge in [0, 0.05) is 11.5 Å². The minimum absolute atomic E-state index is 0.0278. The molecule has 0 spiro atoms. The molecular weight excluding hydrogens is 196 g/mol. The van der Waals surface area contributed by atoms with Gasteiger partial charge < -0.3 is 5.11 Å². The Morgan fingerprint density at radius 3 is 1.64 bits per heavy atom. The Hall–Kier alpha value is 0.250. The molecule has 0 aromatic carbocycles. The fourth-order valence-electron chi connectivity index (χ4n) is 0.892. The van der Waals surface area contributed by atoms with Crippen LogP contribution in [0.4, 0.5) is 0 Å². The summed E-state index contributed by atoms with van der Waals surface area (Å²) in [5.74, 6) is 0. The average molecular weight is 223 g/mol. The van der Waals surface area contributed by atoms with E-state index >= 15 is 0 Å². The highest BCUT2D eigenvalue weighted by molar-refractivity contribution is 6.23. The van der Waals surface area contributed by atoms with Gasteiger partial charge >= 0.3 is 0 Å². The average Bonchev–Trinajstić information content (AvgIpc) is 2.01. The molecule has 0 fully saturated rings. The van der Waals surface area contributed by atoms with Crippen LogP contribution in [0.15, 0.2) is 0 Å². The zero-order valence-electron chi connectivity index (χ0n) is 10.3. The Kier molecular flexibility index (Phi) is 13.5. The van der Waals surface area contributed by atoms with E-state index in [1.807, 2.05) is 20.8 Å². The monoisotopic (exact) mass is 222 g/mol. The third kappa shape index (κ3) is 39.7. The van der Waals surface area contributed by atoms with Crippen molar-refractivity contribution in [3.05, 3.63) is 0 Å². The Morgan fingerprint density at radius 2 is 1.29 bits per heavy atom. The quantitative estimate of drug-likeness (QED) is 0.523. The Morgan fingerprint density at radius 1 is 0.929 bits per heavy atom. The summed E-state index contributed by atoms with van der Waals surface area (Å²) in [4.78, 5) is -0.0278. The SMILES string of the molecule is CC(C)(C)Cl.CCCCCCCCO. The van der Waals surface area contributed by atoms with Gasteiger partial charge in [0.2, 0.25) is 0 Å². The minimum atomic E-state index is -0.0278. The van der Waals surface area contributed by atoms with Crippen LogP contribution in [0.1, 0.15) is 66.2 Å². The van der Waals surface area contributed by atoms with Gasteiger partial charge in [-0.05, 0) is 27.2 Å². The molecule has 88 valence electrons. The van der Waals surface area contributed by atoms with E-state index in [0.29, 0.717) is 6.61 Å². The maximum atomic E-state index is 8.42. The number of halogens is 1.